The van der Waals surface area contributed by atoms with Crippen molar-refractivity contribution in [2.24, 2.45) is 0 Å². The molecule has 0 aliphatic carbocycles. The van der Waals surface area contributed by atoms with Crippen LogP contribution in [0, 0.1) is 6.92 Å². The van der Waals surface area contributed by atoms with Crippen LogP contribution in [-0.2, 0) is 17.7 Å². The quantitative estimate of drug-likeness (QED) is 0.771. The van der Waals surface area contributed by atoms with Crippen LogP contribution in [0.5, 0.6) is 0 Å². The Bertz CT molecular complexity index is 571. The Kier molecular flexibility index (Phi) is 3.99. The van der Waals surface area contributed by atoms with Gasteiger partial charge in [0.15, 0.2) is 0 Å². The second-order valence-corrected chi connectivity index (χ2v) is 4.14. The van der Waals surface area contributed by atoms with Crippen molar-refractivity contribution in [1.82, 2.24) is 14.8 Å². The molecule has 102 valence electrons. The SMILES string of the molecule is CCOC(=O)c1c(C)ccn1Cc1nnc(CC)o1. The third-order valence-electron chi connectivity index (χ3n) is 2.75. The van der Waals surface area contributed by atoms with Crippen molar-refractivity contribution in [3.05, 3.63) is 35.3 Å². The molecule has 0 amide bonds. The van der Waals surface area contributed by atoms with Gasteiger partial charge in [-0.1, -0.05) is 6.92 Å². The molecule has 0 aliphatic heterocycles. The fourth-order valence-corrected chi connectivity index (χ4v) is 1.83. The Morgan fingerprint density at radius 2 is 2.11 bits per heavy atom. The van der Waals surface area contributed by atoms with Gasteiger partial charge in [0.2, 0.25) is 11.8 Å². The zero-order valence-electron chi connectivity index (χ0n) is 11.3. The largest absolute Gasteiger partial charge is 0.461 e. The molecule has 0 saturated carbocycles. The van der Waals surface area contributed by atoms with Gasteiger partial charge in [-0.2, -0.15) is 0 Å². The number of carbonyl (C=O) groups excluding carboxylic acids is 1. The van der Waals surface area contributed by atoms with Crippen molar-refractivity contribution in [3.8, 4) is 0 Å². The fourth-order valence-electron chi connectivity index (χ4n) is 1.83. The maximum atomic E-state index is 11.9. The number of nitrogens with zero attached hydrogens (tertiary/aromatic N) is 3. The lowest BCUT2D eigenvalue weighted by Gasteiger charge is -2.07. The lowest BCUT2D eigenvalue weighted by Crippen LogP contribution is -2.13. The summed E-state index contributed by atoms with van der Waals surface area (Å²) in [4.78, 5) is 11.9. The van der Waals surface area contributed by atoms with E-state index >= 15 is 0 Å². The highest BCUT2D eigenvalue weighted by molar-refractivity contribution is 5.89. The first-order chi connectivity index (χ1) is 9.15. The van der Waals surface area contributed by atoms with Crippen LogP contribution >= 0.6 is 0 Å². The summed E-state index contributed by atoms with van der Waals surface area (Å²) in [5.74, 6) is 0.745. The van der Waals surface area contributed by atoms with E-state index in [-0.39, 0.29) is 5.97 Å². The Morgan fingerprint density at radius 3 is 2.74 bits per heavy atom. The predicted octanol–water partition coefficient (Wildman–Crippen LogP) is 1.97. The Labute approximate surface area is 111 Å². The van der Waals surface area contributed by atoms with Crippen molar-refractivity contribution in [3.63, 3.8) is 0 Å². The molecule has 0 radical (unpaired) electrons. The average molecular weight is 263 g/mol. The van der Waals surface area contributed by atoms with Crippen molar-refractivity contribution >= 4 is 5.97 Å². The summed E-state index contributed by atoms with van der Waals surface area (Å²) in [5.41, 5.74) is 1.40. The summed E-state index contributed by atoms with van der Waals surface area (Å²) < 4.78 is 12.3. The maximum absolute atomic E-state index is 11.9. The highest BCUT2D eigenvalue weighted by Crippen LogP contribution is 2.14. The smallest absolute Gasteiger partial charge is 0.355 e. The van der Waals surface area contributed by atoms with Gasteiger partial charge in [-0.05, 0) is 25.5 Å². The van der Waals surface area contributed by atoms with Crippen LogP contribution in [-0.4, -0.2) is 27.3 Å². The normalized spacial score (nSPS) is 10.7. The lowest BCUT2D eigenvalue weighted by molar-refractivity contribution is 0.0513. The molecule has 2 aromatic rings. The molecule has 0 aromatic carbocycles. The molecule has 0 N–H and O–H groups in total. The van der Waals surface area contributed by atoms with Crippen LogP contribution in [0.1, 0.15) is 41.7 Å². The Balaban J connectivity index is 2.23. The number of hydrogen-bond donors (Lipinski definition) is 0. The number of hydrogen-bond acceptors (Lipinski definition) is 5. The number of aryl methyl sites for hydroxylation is 2. The molecular formula is C13H17N3O3. The molecule has 0 aliphatic rings. The molecule has 2 rings (SSSR count). The van der Waals surface area contributed by atoms with Gasteiger partial charge in [0, 0.05) is 12.6 Å². The zero-order chi connectivity index (χ0) is 13.8. The van der Waals surface area contributed by atoms with E-state index in [0.29, 0.717) is 37.0 Å². The Hall–Kier alpha value is -2.11. The number of aromatic nitrogens is 3. The molecule has 2 heterocycles. The second-order valence-electron chi connectivity index (χ2n) is 4.14. The molecule has 0 unspecified atom stereocenters. The molecule has 0 atom stereocenters. The van der Waals surface area contributed by atoms with E-state index in [4.69, 9.17) is 9.15 Å². The average Bonchev–Trinajstić information content (AvgIpc) is 2.97. The number of carbonyl (C=O) groups is 1. The predicted molar refractivity (Wildman–Crippen MR) is 67.9 cm³/mol. The molecule has 0 spiro atoms. The van der Waals surface area contributed by atoms with Gasteiger partial charge in [0.05, 0.1) is 6.61 Å². The van der Waals surface area contributed by atoms with Crippen LogP contribution in [0.25, 0.3) is 0 Å². The first-order valence-electron chi connectivity index (χ1n) is 6.29. The van der Waals surface area contributed by atoms with E-state index in [1.165, 1.54) is 0 Å². The highest BCUT2D eigenvalue weighted by Gasteiger charge is 2.17. The van der Waals surface area contributed by atoms with Gasteiger partial charge < -0.3 is 13.7 Å². The number of esters is 1. The van der Waals surface area contributed by atoms with Crippen LogP contribution in [0.4, 0.5) is 0 Å². The van der Waals surface area contributed by atoms with Crippen LogP contribution in [0.2, 0.25) is 0 Å². The van der Waals surface area contributed by atoms with Crippen LogP contribution < -0.4 is 0 Å². The second kappa shape index (κ2) is 5.69. The number of rotatable bonds is 5. The van der Waals surface area contributed by atoms with E-state index in [0.717, 1.165) is 5.56 Å². The van der Waals surface area contributed by atoms with E-state index in [1.54, 1.807) is 11.5 Å². The van der Waals surface area contributed by atoms with Crippen molar-refractivity contribution < 1.29 is 13.9 Å². The third kappa shape index (κ3) is 2.83. The van der Waals surface area contributed by atoms with Crippen molar-refractivity contribution in [2.75, 3.05) is 6.61 Å². The van der Waals surface area contributed by atoms with Crippen LogP contribution in [0.15, 0.2) is 16.7 Å². The van der Waals surface area contributed by atoms with Crippen molar-refractivity contribution in [2.45, 2.75) is 33.7 Å². The minimum Gasteiger partial charge on any atom is -0.461 e. The summed E-state index contributed by atoms with van der Waals surface area (Å²) in [5, 5.41) is 7.85. The summed E-state index contributed by atoms with van der Waals surface area (Å²) >= 11 is 0. The van der Waals surface area contributed by atoms with Gasteiger partial charge in [-0.15, -0.1) is 10.2 Å². The van der Waals surface area contributed by atoms with Gasteiger partial charge in [0.1, 0.15) is 12.2 Å². The summed E-state index contributed by atoms with van der Waals surface area (Å²) in [6.07, 6.45) is 2.51. The van der Waals surface area contributed by atoms with E-state index in [9.17, 15) is 4.79 Å². The topological polar surface area (TPSA) is 70.2 Å². The summed E-state index contributed by atoms with van der Waals surface area (Å²) in [6.45, 7) is 6.32. The van der Waals surface area contributed by atoms with Gasteiger partial charge in [0.25, 0.3) is 0 Å². The first-order valence-corrected chi connectivity index (χ1v) is 6.29. The lowest BCUT2D eigenvalue weighted by atomic mass is 10.3. The molecule has 0 fully saturated rings. The zero-order valence-corrected chi connectivity index (χ0v) is 11.3. The maximum Gasteiger partial charge on any atom is 0.355 e. The van der Waals surface area contributed by atoms with Gasteiger partial charge in [-0.3, -0.25) is 0 Å². The molecule has 6 nitrogen and oxygen atoms in total. The Morgan fingerprint density at radius 1 is 1.37 bits per heavy atom. The summed E-state index contributed by atoms with van der Waals surface area (Å²) in [6, 6.07) is 1.86. The summed E-state index contributed by atoms with van der Waals surface area (Å²) in [7, 11) is 0. The highest BCUT2D eigenvalue weighted by atomic mass is 16.5. The molecule has 6 heteroatoms. The monoisotopic (exact) mass is 263 g/mol. The molecule has 0 saturated heterocycles. The molecular weight excluding hydrogens is 246 g/mol. The van der Waals surface area contributed by atoms with E-state index < -0.39 is 0 Å². The van der Waals surface area contributed by atoms with Crippen molar-refractivity contribution in [1.29, 1.82) is 0 Å². The molecule has 19 heavy (non-hydrogen) atoms. The minimum atomic E-state index is -0.333. The van der Waals surface area contributed by atoms with E-state index in [2.05, 4.69) is 10.2 Å². The third-order valence-corrected chi connectivity index (χ3v) is 2.75. The van der Waals surface area contributed by atoms with Gasteiger partial charge >= 0.3 is 5.97 Å². The standard InChI is InChI=1S/C13H17N3O3/c1-4-10-14-15-11(19-10)8-16-7-6-9(3)12(16)13(17)18-5-2/h6-7H,4-5,8H2,1-3H3. The molecule has 2 aromatic heterocycles. The first kappa shape index (κ1) is 13.3. The fraction of sp³-hybridized carbons (Fsp3) is 0.462. The van der Waals surface area contributed by atoms with Gasteiger partial charge in [-0.25, -0.2) is 4.79 Å². The minimum absolute atomic E-state index is 0.333. The molecule has 0 bridgehead atoms. The van der Waals surface area contributed by atoms with Crippen LogP contribution in [0.3, 0.4) is 0 Å². The van der Waals surface area contributed by atoms with E-state index in [1.807, 2.05) is 26.1 Å². The number of ether oxygens (including phenoxy) is 1.